The number of hydrogen-bond acceptors (Lipinski definition) is 4. The molecule has 2 aromatic heterocycles. The molecular weight excluding hydrogens is 256 g/mol. The van der Waals surface area contributed by atoms with Crippen molar-refractivity contribution in [2.45, 2.75) is 45.7 Å². The van der Waals surface area contributed by atoms with E-state index in [-0.39, 0.29) is 0 Å². The minimum Gasteiger partial charge on any atom is -0.458 e. The van der Waals surface area contributed by atoms with Crippen LogP contribution in [0.3, 0.4) is 0 Å². The maximum absolute atomic E-state index is 5.93. The molecule has 2 heterocycles. The van der Waals surface area contributed by atoms with Crippen molar-refractivity contribution < 1.29 is 4.42 Å². The van der Waals surface area contributed by atoms with Crippen LogP contribution in [0.1, 0.15) is 44.6 Å². The summed E-state index contributed by atoms with van der Waals surface area (Å²) >= 11 is 1.66. The number of furan rings is 1. The second-order valence-corrected chi connectivity index (χ2v) is 6.56. The van der Waals surface area contributed by atoms with Crippen molar-refractivity contribution in [1.82, 2.24) is 10.3 Å². The quantitative estimate of drug-likeness (QED) is 0.896. The van der Waals surface area contributed by atoms with E-state index in [9.17, 15) is 0 Å². The summed E-state index contributed by atoms with van der Waals surface area (Å²) in [5.74, 6) is 3.45. The van der Waals surface area contributed by atoms with Crippen LogP contribution in [0.2, 0.25) is 0 Å². The van der Waals surface area contributed by atoms with Gasteiger partial charge in [0, 0.05) is 23.9 Å². The molecule has 0 spiro atoms. The summed E-state index contributed by atoms with van der Waals surface area (Å²) in [6.45, 7) is 7.37. The number of nitrogens with zero attached hydrogens (tertiary/aromatic N) is 1. The molecule has 3 rings (SSSR count). The number of aromatic nitrogens is 1. The van der Waals surface area contributed by atoms with Gasteiger partial charge in [-0.15, -0.1) is 11.3 Å². The Bertz CT molecular complexity index is 558. The monoisotopic (exact) mass is 276 g/mol. The zero-order valence-electron chi connectivity index (χ0n) is 11.6. The minimum atomic E-state index is 0.483. The van der Waals surface area contributed by atoms with Gasteiger partial charge in [-0.3, -0.25) is 0 Å². The molecular formula is C15H20N2OS. The van der Waals surface area contributed by atoms with Crippen molar-refractivity contribution >= 4 is 11.3 Å². The number of hydrogen-bond donors (Lipinski definition) is 1. The lowest BCUT2D eigenvalue weighted by Gasteiger charge is -2.04. The normalized spacial score (nSPS) is 22.1. The van der Waals surface area contributed by atoms with Crippen molar-refractivity contribution in [3.8, 4) is 10.8 Å². The van der Waals surface area contributed by atoms with Crippen LogP contribution >= 0.6 is 11.3 Å². The first-order valence-electron chi connectivity index (χ1n) is 6.91. The van der Waals surface area contributed by atoms with Crippen LogP contribution in [0.25, 0.3) is 10.8 Å². The van der Waals surface area contributed by atoms with E-state index < -0.39 is 0 Å². The Labute approximate surface area is 118 Å². The van der Waals surface area contributed by atoms with E-state index in [2.05, 4.69) is 48.6 Å². The number of rotatable bonds is 5. The first-order valence-corrected chi connectivity index (χ1v) is 7.79. The lowest BCUT2D eigenvalue weighted by atomic mass is 10.3. The average molecular weight is 276 g/mol. The van der Waals surface area contributed by atoms with Crippen LogP contribution in [0.15, 0.2) is 21.9 Å². The minimum absolute atomic E-state index is 0.483. The molecule has 1 fully saturated rings. The van der Waals surface area contributed by atoms with Crippen LogP contribution in [-0.2, 0) is 6.54 Å². The smallest absolute Gasteiger partial charge is 0.162 e. The zero-order chi connectivity index (χ0) is 13.4. The highest BCUT2D eigenvalue weighted by molar-refractivity contribution is 7.13. The third kappa shape index (κ3) is 2.90. The predicted molar refractivity (Wildman–Crippen MR) is 78.3 cm³/mol. The van der Waals surface area contributed by atoms with Gasteiger partial charge in [-0.25, -0.2) is 4.98 Å². The third-order valence-corrected chi connectivity index (χ3v) is 4.46. The molecule has 0 amide bonds. The molecule has 0 radical (unpaired) electrons. The third-order valence-electron chi connectivity index (χ3n) is 3.56. The van der Waals surface area contributed by atoms with E-state index in [0.717, 1.165) is 34.7 Å². The molecule has 4 heteroatoms. The first kappa shape index (κ1) is 12.9. The average Bonchev–Trinajstić information content (AvgIpc) is 2.87. The predicted octanol–water partition coefficient (Wildman–Crippen LogP) is 4.02. The second kappa shape index (κ2) is 5.10. The maximum atomic E-state index is 5.93. The van der Waals surface area contributed by atoms with Gasteiger partial charge in [-0.2, -0.15) is 0 Å². The van der Waals surface area contributed by atoms with E-state index in [1.807, 2.05) is 0 Å². The summed E-state index contributed by atoms with van der Waals surface area (Å²) in [5.41, 5.74) is 1.09. The van der Waals surface area contributed by atoms with E-state index in [1.165, 1.54) is 6.42 Å². The molecule has 1 N–H and O–H groups in total. The summed E-state index contributed by atoms with van der Waals surface area (Å²) in [6, 6.07) is 4.65. The van der Waals surface area contributed by atoms with E-state index in [1.54, 1.807) is 11.3 Å². The standard InChI is InChI=1S/C15H20N2OS/c1-9(2)16-7-11-8-19-15(17-11)14-5-4-13(18-14)12-6-10(12)3/h4-5,8-10,12,16H,6-7H2,1-3H3. The summed E-state index contributed by atoms with van der Waals surface area (Å²) in [6.07, 6.45) is 1.26. The Hall–Kier alpha value is -1.13. The van der Waals surface area contributed by atoms with Gasteiger partial charge in [0.2, 0.25) is 0 Å². The van der Waals surface area contributed by atoms with E-state index in [4.69, 9.17) is 4.42 Å². The van der Waals surface area contributed by atoms with Crippen molar-refractivity contribution in [3.05, 3.63) is 29.0 Å². The molecule has 1 saturated carbocycles. The topological polar surface area (TPSA) is 38.1 Å². The molecule has 0 saturated heterocycles. The maximum Gasteiger partial charge on any atom is 0.162 e. The van der Waals surface area contributed by atoms with Crippen LogP contribution < -0.4 is 5.32 Å². The molecule has 2 unspecified atom stereocenters. The molecule has 0 bridgehead atoms. The molecule has 0 aromatic carbocycles. The fourth-order valence-electron chi connectivity index (χ4n) is 2.20. The van der Waals surface area contributed by atoms with Gasteiger partial charge in [0.25, 0.3) is 0 Å². The Morgan fingerprint density at radius 2 is 2.26 bits per heavy atom. The highest BCUT2D eigenvalue weighted by atomic mass is 32.1. The van der Waals surface area contributed by atoms with Gasteiger partial charge in [0.15, 0.2) is 10.8 Å². The Morgan fingerprint density at radius 1 is 1.47 bits per heavy atom. The van der Waals surface area contributed by atoms with Crippen molar-refractivity contribution in [2.24, 2.45) is 5.92 Å². The van der Waals surface area contributed by atoms with Crippen molar-refractivity contribution in [3.63, 3.8) is 0 Å². The van der Waals surface area contributed by atoms with Crippen molar-refractivity contribution in [2.75, 3.05) is 0 Å². The molecule has 1 aliphatic carbocycles. The SMILES string of the molecule is CC(C)NCc1csc(-c2ccc(C3CC3C)o2)n1. The Balaban J connectivity index is 1.70. The van der Waals surface area contributed by atoms with Crippen LogP contribution in [-0.4, -0.2) is 11.0 Å². The Morgan fingerprint density at radius 3 is 2.95 bits per heavy atom. The van der Waals surface area contributed by atoms with Gasteiger partial charge in [-0.05, 0) is 24.5 Å². The summed E-state index contributed by atoms with van der Waals surface area (Å²) in [4.78, 5) is 4.63. The van der Waals surface area contributed by atoms with E-state index >= 15 is 0 Å². The van der Waals surface area contributed by atoms with Crippen LogP contribution in [0.4, 0.5) is 0 Å². The van der Waals surface area contributed by atoms with E-state index in [0.29, 0.717) is 12.0 Å². The zero-order valence-corrected chi connectivity index (χ0v) is 12.5. The highest BCUT2D eigenvalue weighted by Gasteiger charge is 2.36. The van der Waals surface area contributed by atoms with Gasteiger partial charge in [0.05, 0.1) is 5.69 Å². The van der Waals surface area contributed by atoms with Gasteiger partial charge in [-0.1, -0.05) is 20.8 Å². The van der Waals surface area contributed by atoms with Gasteiger partial charge in [0.1, 0.15) is 5.76 Å². The van der Waals surface area contributed by atoms with Crippen molar-refractivity contribution in [1.29, 1.82) is 0 Å². The molecule has 2 atom stereocenters. The second-order valence-electron chi connectivity index (χ2n) is 5.70. The summed E-state index contributed by atoms with van der Waals surface area (Å²) < 4.78 is 5.93. The molecule has 102 valence electrons. The van der Waals surface area contributed by atoms with Gasteiger partial charge >= 0.3 is 0 Å². The van der Waals surface area contributed by atoms with Gasteiger partial charge < -0.3 is 9.73 Å². The number of nitrogens with one attached hydrogen (secondary N) is 1. The summed E-state index contributed by atoms with van der Waals surface area (Å²) in [7, 11) is 0. The molecule has 1 aliphatic rings. The molecule has 2 aromatic rings. The fraction of sp³-hybridized carbons (Fsp3) is 0.533. The van der Waals surface area contributed by atoms with Crippen LogP contribution in [0, 0.1) is 5.92 Å². The highest BCUT2D eigenvalue weighted by Crippen LogP contribution is 2.48. The Kier molecular flexibility index (Phi) is 3.46. The largest absolute Gasteiger partial charge is 0.458 e. The fourth-order valence-corrected chi connectivity index (χ4v) is 2.98. The molecule has 19 heavy (non-hydrogen) atoms. The first-order chi connectivity index (χ1) is 9.13. The summed E-state index contributed by atoms with van der Waals surface area (Å²) in [5, 5.41) is 6.47. The number of thiazole rings is 1. The van der Waals surface area contributed by atoms with Crippen LogP contribution in [0.5, 0.6) is 0 Å². The molecule has 3 nitrogen and oxygen atoms in total. The lowest BCUT2D eigenvalue weighted by molar-refractivity contribution is 0.517. The lowest BCUT2D eigenvalue weighted by Crippen LogP contribution is -2.21. The molecule has 0 aliphatic heterocycles.